The van der Waals surface area contributed by atoms with E-state index in [-0.39, 0.29) is 30.7 Å². The zero-order chi connectivity index (χ0) is 30.9. The summed E-state index contributed by atoms with van der Waals surface area (Å²) in [4.78, 5) is 32.4. The van der Waals surface area contributed by atoms with Crippen molar-refractivity contribution in [1.29, 1.82) is 5.26 Å². The van der Waals surface area contributed by atoms with E-state index in [0.717, 1.165) is 23.1 Å². The van der Waals surface area contributed by atoms with Gasteiger partial charge in [0.25, 0.3) is 0 Å². The first kappa shape index (κ1) is 34.5. The van der Waals surface area contributed by atoms with Gasteiger partial charge in [0, 0.05) is 0 Å². The van der Waals surface area contributed by atoms with Crippen molar-refractivity contribution in [2.24, 2.45) is 5.92 Å². The molecule has 2 N–H and O–H groups in total. The highest BCUT2D eigenvalue weighted by Crippen LogP contribution is 2.25. The van der Waals surface area contributed by atoms with Gasteiger partial charge in [-0.1, -0.05) is 73.9 Å². The molecule has 4 rings (SSSR count). The van der Waals surface area contributed by atoms with Gasteiger partial charge in [0.05, 0.1) is 28.9 Å². The number of aryl methyl sites for hydroxylation is 3. The van der Waals surface area contributed by atoms with Crippen LogP contribution in [0.4, 0.5) is 0 Å². The second kappa shape index (κ2) is 18.0. The number of hydrogen-bond donors (Lipinski definition) is 2. The van der Waals surface area contributed by atoms with Crippen LogP contribution in [0.1, 0.15) is 75.0 Å². The summed E-state index contributed by atoms with van der Waals surface area (Å²) in [5.74, 6) is -1.91. The Morgan fingerprint density at radius 1 is 0.780 bits per heavy atom. The van der Waals surface area contributed by atoms with Crippen molar-refractivity contribution < 1.29 is 34.1 Å². The van der Waals surface area contributed by atoms with Crippen molar-refractivity contribution >= 4 is 17.9 Å². The maximum atomic E-state index is 11.8. The number of carbonyl (C=O) groups excluding carboxylic acids is 1. The van der Waals surface area contributed by atoms with E-state index in [2.05, 4.69) is 6.07 Å². The second-order valence-corrected chi connectivity index (χ2v) is 9.33. The van der Waals surface area contributed by atoms with Crippen LogP contribution in [-0.4, -0.2) is 46.9 Å². The summed E-state index contributed by atoms with van der Waals surface area (Å²) >= 11 is 0. The van der Waals surface area contributed by atoms with Gasteiger partial charge >= 0.3 is 17.9 Å². The minimum atomic E-state index is -0.875. The number of carboxylic acids is 2. The molecule has 0 aliphatic carbocycles. The Balaban J connectivity index is 0.000000324. The van der Waals surface area contributed by atoms with E-state index in [1.54, 1.807) is 60.7 Å². The van der Waals surface area contributed by atoms with Gasteiger partial charge in [-0.2, -0.15) is 5.26 Å². The Kier molecular flexibility index (Phi) is 15.1. The molecular formula is C33H39NO7. The quantitative estimate of drug-likeness (QED) is 0.322. The van der Waals surface area contributed by atoms with Crippen molar-refractivity contribution in [3.63, 3.8) is 0 Å². The molecule has 0 bridgehead atoms. The van der Waals surface area contributed by atoms with Crippen molar-refractivity contribution in [2.45, 2.75) is 60.2 Å². The first-order valence-corrected chi connectivity index (χ1v) is 13.4. The molecule has 0 aromatic heterocycles. The lowest BCUT2D eigenvalue weighted by molar-refractivity contribution is 0.00359. The molecule has 1 aliphatic rings. The highest BCUT2D eigenvalue weighted by molar-refractivity contribution is 5.89. The molecule has 3 atom stereocenters. The molecular weight excluding hydrogens is 522 g/mol. The molecule has 1 saturated heterocycles. The predicted molar refractivity (Wildman–Crippen MR) is 157 cm³/mol. The van der Waals surface area contributed by atoms with E-state index in [4.69, 9.17) is 24.9 Å². The van der Waals surface area contributed by atoms with Crippen LogP contribution in [0.25, 0.3) is 0 Å². The third-order valence-corrected chi connectivity index (χ3v) is 5.90. The lowest BCUT2D eigenvalue weighted by Gasteiger charge is -2.10. The molecule has 1 fully saturated rings. The van der Waals surface area contributed by atoms with E-state index in [1.165, 1.54) is 0 Å². The van der Waals surface area contributed by atoms with Gasteiger partial charge in [-0.15, -0.1) is 0 Å². The Morgan fingerprint density at radius 3 is 1.46 bits per heavy atom. The van der Waals surface area contributed by atoms with E-state index in [0.29, 0.717) is 16.7 Å². The lowest BCUT2D eigenvalue weighted by atomic mass is 10.0. The first-order chi connectivity index (χ1) is 19.5. The summed E-state index contributed by atoms with van der Waals surface area (Å²) in [6.07, 6.45) is 0.191. The number of carboxylic acid groups (broad SMARTS) is 2. The number of rotatable bonds is 5. The molecule has 0 saturated carbocycles. The largest absolute Gasteiger partial charge is 0.478 e. The molecule has 1 unspecified atom stereocenters. The number of ether oxygens (including phenoxy) is 2. The van der Waals surface area contributed by atoms with Gasteiger partial charge in [-0.3, -0.25) is 0 Å². The fraction of sp³-hybridized carbons (Fsp3) is 0.333. The van der Waals surface area contributed by atoms with Crippen LogP contribution in [-0.2, 0) is 9.47 Å². The standard InChI is InChI=1S/C15H17NO3.2C8H8O2.C2H6/c1-10-3-5-12(6-4-10)15(17)18-9-13-7-11(2)14(8-16)19-13;2*1-6-2-4-7(5-3-6)8(9)10;1-2/h3-6,11,13-14H,7,9H2,1-2H3;2*2-5H,1H3,(H,9,10);1-2H3/t11?,13-,14-;;;/m0.../s1. The van der Waals surface area contributed by atoms with Crippen molar-refractivity contribution in [2.75, 3.05) is 6.61 Å². The number of nitriles is 1. The molecule has 8 heteroatoms. The Bertz CT molecular complexity index is 1220. The molecule has 3 aromatic rings. The fourth-order valence-corrected chi connectivity index (χ4v) is 3.53. The van der Waals surface area contributed by atoms with E-state index < -0.39 is 11.9 Å². The number of benzene rings is 3. The van der Waals surface area contributed by atoms with Crippen LogP contribution in [0.5, 0.6) is 0 Å². The fourth-order valence-electron chi connectivity index (χ4n) is 3.53. The van der Waals surface area contributed by atoms with Crippen molar-refractivity contribution in [1.82, 2.24) is 0 Å². The highest BCUT2D eigenvalue weighted by atomic mass is 16.6. The normalized spacial score (nSPS) is 16.7. The summed E-state index contributed by atoms with van der Waals surface area (Å²) in [7, 11) is 0. The molecule has 0 radical (unpaired) electrons. The van der Waals surface area contributed by atoms with Crippen LogP contribution in [0, 0.1) is 38.0 Å². The number of esters is 1. The van der Waals surface area contributed by atoms with Gasteiger partial charge < -0.3 is 19.7 Å². The zero-order valence-corrected chi connectivity index (χ0v) is 24.5. The highest BCUT2D eigenvalue weighted by Gasteiger charge is 2.32. The average molecular weight is 562 g/mol. The van der Waals surface area contributed by atoms with Crippen LogP contribution >= 0.6 is 0 Å². The molecule has 1 heterocycles. The van der Waals surface area contributed by atoms with Gasteiger partial charge in [-0.25, -0.2) is 14.4 Å². The maximum absolute atomic E-state index is 11.8. The predicted octanol–water partition coefficient (Wildman–Crippen LogP) is 6.88. The monoisotopic (exact) mass is 561 g/mol. The van der Waals surface area contributed by atoms with E-state index >= 15 is 0 Å². The van der Waals surface area contributed by atoms with Crippen molar-refractivity contribution in [3.05, 3.63) is 106 Å². The van der Waals surface area contributed by atoms with Crippen LogP contribution < -0.4 is 0 Å². The third kappa shape index (κ3) is 12.5. The number of nitrogens with zero attached hydrogens (tertiary/aromatic N) is 1. The average Bonchev–Trinajstić information content (AvgIpc) is 3.33. The van der Waals surface area contributed by atoms with Crippen LogP contribution in [0.3, 0.4) is 0 Å². The molecule has 0 amide bonds. The molecule has 0 spiro atoms. The van der Waals surface area contributed by atoms with Crippen LogP contribution in [0.15, 0.2) is 72.8 Å². The molecule has 41 heavy (non-hydrogen) atoms. The van der Waals surface area contributed by atoms with Gasteiger partial charge in [0.2, 0.25) is 0 Å². The minimum Gasteiger partial charge on any atom is -0.478 e. The molecule has 8 nitrogen and oxygen atoms in total. The second-order valence-electron chi connectivity index (χ2n) is 9.33. The van der Waals surface area contributed by atoms with Crippen molar-refractivity contribution in [3.8, 4) is 6.07 Å². The summed E-state index contributed by atoms with van der Waals surface area (Å²) in [6.45, 7) is 12.0. The number of aromatic carboxylic acids is 2. The molecule has 1 aliphatic heterocycles. The topological polar surface area (TPSA) is 134 Å². The summed E-state index contributed by atoms with van der Waals surface area (Å²) in [5.41, 5.74) is 4.46. The Labute approximate surface area is 242 Å². The number of hydrogen-bond acceptors (Lipinski definition) is 6. The molecule has 218 valence electrons. The number of carbonyl (C=O) groups is 3. The maximum Gasteiger partial charge on any atom is 0.338 e. The lowest BCUT2D eigenvalue weighted by Crippen LogP contribution is -2.19. The zero-order valence-electron chi connectivity index (χ0n) is 24.5. The van der Waals surface area contributed by atoms with Gasteiger partial charge in [-0.05, 0) is 69.5 Å². The van der Waals surface area contributed by atoms with Gasteiger partial charge in [0.1, 0.15) is 12.7 Å². The summed E-state index contributed by atoms with van der Waals surface area (Å²) < 4.78 is 10.7. The SMILES string of the molecule is CC.Cc1ccc(C(=O)O)cc1.Cc1ccc(C(=O)O)cc1.Cc1ccc(C(=O)OC[C@@H]2CC(C)[C@H](C#N)O2)cc1. The first-order valence-electron chi connectivity index (χ1n) is 13.4. The van der Waals surface area contributed by atoms with E-state index in [1.807, 2.05) is 53.7 Å². The van der Waals surface area contributed by atoms with Gasteiger partial charge in [0.15, 0.2) is 0 Å². The molecule has 3 aromatic carbocycles. The summed E-state index contributed by atoms with van der Waals surface area (Å²) in [6, 6.07) is 22.8. The van der Waals surface area contributed by atoms with Crippen LogP contribution in [0.2, 0.25) is 0 Å². The minimum absolute atomic E-state index is 0.172. The Morgan fingerprint density at radius 2 is 1.15 bits per heavy atom. The Hall–Kier alpha value is -4.48. The third-order valence-electron chi connectivity index (χ3n) is 5.90. The summed E-state index contributed by atoms with van der Waals surface area (Å²) in [5, 5.41) is 25.8. The van der Waals surface area contributed by atoms with E-state index in [9.17, 15) is 14.4 Å². The smallest absolute Gasteiger partial charge is 0.338 e.